The van der Waals surface area contributed by atoms with E-state index in [1.54, 1.807) is 24.0 Å². The van der Waals surface area contributed by atoms with Gasteiger partial charge in [0.1, 0.15) is 0 Å². The Kier molecular flexibility index (Phi) is 6.66. The second kappa shape index (κ2) is 9.65. The van der Waals surface area contributed by atoms with Crippen molar-refractivity contribution in [3.63, 3.8) is 0 Å². The number of rotatable bonds is 6. The standard InChI is InChI=1S/C22H23F3N6O3/c1-2-34-19(33)7-6-18(32)29-10-12-30(13-11-29)21-27-20-26-9-8-17(31(20)28-21)15-4-3-5-16(14-15)22(23,24)25/h3-5,8-9,14H,2,6-7,10-13H2,1H3. The zero-order valence-corrected chi connectivity index (χ0v) is 18.5. The molecule has 0 saturated carbocycles. The zero-order valence-electron chi connectivity index (χ0n) is 18.5. The molecule has 180 valence electrons. The zero-order chi connectivity index (χ0) is 24.3. The minimum atomic E-state index is -4.46. The number of amides is 1. The second-order valence-electron chi connectivity index (χ2n) is 7.71. The molecule has 12 heteroatoms. The van der Waals surface area contributed by atoms with Crippen LogP contribution in [0.1, 0.15) is 25.3 Å². The molecular formula is C22H23F3N6O3. The number of carbonyl (C=O) groups excluding carboxylic acids is 2. The molecule has 0 radical (unpaired) electrons. The number of ether oxygens (including phenoxy) is 1. The lowest BCUT2D eigenvalue weighted by Gasteiger charge is -2.34. The van der Waals surface area contributed by atoms with E-state index in [1.165, 1.54) is 16.8 Å². The first kappa shape index (κ1) is 23.5. The third-order valence-corrected chi connectivity index (χ3v) is 5.48. The maximum absolute atomic E-state index is 13.2. The van der Waals surface area contributed by atoms with Crippen molar-refractivity contribution < 1.29 is 27.5 Å². The third-order valence-electron chi connectivity index (χ3n) is 5.48. The molecule has 0 atom stereocenters. The molecule has 1 aliphatic heterocycles. The lowest BCUT2D eigenvalue weighted by Crippen LogP contribution is -2.49. The number of piperazine rings is 1. The van der Waals surface area contributed by atoms with Crippen LogP contribution < -0.4 is 4.90 Å². The van der Waals surface area contributed by atoms with Gasteiger partial charge in [0.15, 0.2) is 0 Å². The Morgan fingerprint density at radius 3 is 2.56 bits per heavy atom. The SMILES string of the molecule is CCOC(=O)CCC(=O)N1CCN(c2nc3nccc(-c4cccc(C(F)(F)F)c4)n3n2)CC1. The number of carbonyl (C=O) groups is 2. The second-order valence-corrected chi connectivity index (χ2v) is 7.71. The average Bonchev–Trinajstić information content (AvgIpc) is 3.27. The van der Waals surface area contributed by atoms with E-state index in [2.05, 4.69) is 15.1 Å². The van der Waals surface area contributed by atoms with Gasteiger partial charge in [-0.25, -0.2) is 4.98 Å². The predicted octanol–water partition coefficient (Wildman–Crippen LogP) is 2.80. The van der Waals surface area contributed by atoms with Crippen molar-refractivity contribution >= 4 is 23.6 Å². The molecule has 1 fully saturated rings. The van der Waals surface area contributed by atoms with Crippen LogP contribution in [0.3, 0.4) is 0 Å². The number of esters is 1. The Morgan fingerprint density at radius 2 is 1.85 bits per heavy atom. The number of benzene rings is 1. The quantitative estimate of drug-likeness (QED) is 0.505. The van der Waals surface area contributed by atoms with Crippen molar-refractivity contribution in [2.24, 2.45) is 0 Å². The van der Waals surface area contributed by atoms with Gasteiger partial charge in [0.05, 0.1) is 24.3 Å². The first-order valence-electron chi connectivity index (χ1n) is 10.8. The van der Waals surface area contributed by atoms with Gasteiger partial charge >= 0.3 is 12.1 Å². The molecule has 1 aliphatic rings. The molecule has 2 aromatic heterocycles. The number of anilines is 1. The molecule has 0 bridgehead atoms. The summed E-state index contributed by atoms with van der Waals surface area (Å²) in [6.07, 6.45) is -2.84. The number of alkyl halides is 3. The van der Waals surface area contributed by atoms with E-state index in [9.17, 15) is 22.8 Å². The Balaban J connectivity index is 1.47. The van der Waals surface area contributed by atoms with Gasteiger partial charge in [-0.1, -0.05) is 12.1 Å². The summed E-state index contributed by atoms with van der Waals surface area (Å²) in [6.45, 7) is 3.81. The van der Waals surface area contributed by atoms with Crippen molar-refractivity contribution in [3.05, 3.63) is 42.1 Å². The summed E-state index contributed by atoms with van der Waals surface area (Å²) in [5, 5.41) is 4.48. The third kappa shape index (κ3) is 5.10. The van der Waals surface area contributed by atoms with Crippen LogP contribution in [0, 0.1) is 0 Å². The van der Waals surface area contributed by atoms with E-state index < -0.39 is 17.7 Å². The summed E-state index contributed by atoms with van der Waals surface area (Å²) in [6, 6.07) is 6.59. The lowest BCUT2D eigenvalue weighted by atomic mass is 10.1. The van der Waals surface area contributed by atoms with Gasteiger partial charge in [-0.15, -0.1) is 5.10 Å². The van der Waals surface area contributed by atoms with Gasteiger partial charge in [-0.05, 0) is 25.1 Å². The van der Waals surface area contributed by atoms with Crippen LogP contribution in [0.5, 0.6) is 0 Å². The van der Waals surface area contributed by atoms with E-state index in [-0.39, 0.29) is 31.1 Å². The van der Waals surface area contributed by atoms with Crippen molar-refractivity contribution in [2.75, 3.05) is 37.7 Å². The number of nitrogens with zero attached hydrogens (tertiary/aromatic N) is 6. The van der Waals surface area contributed by atoms with Gasteiger partial charge in [-0.3, -0.25) is 9.59 Å². The number of aromatic nitrogens is 4. The number of hydrogen-bond donors (Lipinski definition) is 0. The van der Waals surface area contributed by atoms with E-state index in [0.29, 0.717) is 43.4 Å². The number of fused-ring (bicyclic) bond motifs is 1. The topological polar surface area (TPSA) is 92.9 Å². The Bertz CT molecular complexity index is 1190. The Hall–Kier alpha value is -3.70. The minimum absolute atomic E-state index is 0.0465. The smallest absolute Gasteiger partial charge is 0.416 e. The summed E-state index contributed by atoms with van der Waals surface area (Å²) in [7, 11) is 0. The van der Waals surface area contributed by atoms with Crippen molar-refractivity contribution in [1.82, 2.24) is 24.5 Å². The average molecular weight is 476 g/mol. The molecule has 9 nitrogen and oxygen atoms in total. The van der Waals surface area contributed by atoms with Gasteiger partial charge in [0.25, 0.3) is 5.78 Å². The summed E-state index contributed by atoms with van der Waals surface area (Å²) >= 11 is 0. The summed E-state index contributed by atoms with van der Waals surface area (Å²) in [4.78, 5) is 36.0. The van der Waals surface area contributed by atoms with Crippen LogP contribution in [0.15, 0.2) is 36.5 Å². The monoisotopic (exact) mass is 476 g/mol. The van der Waals surface area contributed by atoms with Crippen LogP contribution in [0.25, 0.3) is 17.0 Å². The summed E-state index contributed by atoms with van der Waals surface area (Å²) < 4.78 is 45.7. The Labute approximate surface area is 193 Å². The molecule has 0 spiro atoms. The van der Waals surface area contributed by atoms with Crippen LogP contribution >= 0.6 is 0 Å². The fourth-order valence-corrected chi connectivity index (χ4v) is 3.75. The van der Waals surface area contributed by atoms with E-state index in [1.807, 2.05) is 4.90 Å². The first-order valence-corrected chi connectivity index (χ1v) is 10.8. The molecule has 4 rings (SSSR count). The Morgan fingerprint density at radius 1 is 1.09 bits per heavy atom. The highest BCUT2D eigenvalue weighted by molar-refractivity contribution is 5.81. The maximum atomic E-state index is 13.2. The molecule has 0 N–H and O–H groups in total. The van der Waals surface area contributed by atoms with E-state index in [4.69, 9.17) is 4.74 Å². The highest BCUT2D eigenvalue weighted by Gasteiger charge is 2.31. The molecule has 0 aliphatic carbocycles. The lowest BCUT2D eigenvalue weighted by molar-refractivity contribution is -0.145. The van der Waals surface area contributed by atoms with Crippen molar-refractivity contribution in [1.29, 1.82) is 0 Å². The molecule has 34 heavy (non-hydrogen) atoms. The normalized spacial score (nSPS) is 14.5. The van der Waals surface area contributed by atoms with Crippen molar-refractivity contribution in [3.8, 4) is 11.3 Å². The van der Waals surface area contributed by atoms with E-state index in [0.717, 1.165) is 12.1 Å². The molecular weight excluding hydrogens is 453 g/mol. The van der Waals surface area contributed by atoms with Crippen LogP contribution in [-0.2, 0) is 20.5 Å². The molecule has 3 heterocycles. The van der Waals surface area contributed by atoms with Gasteiger partial charge < -0.3 is 14.5 Å². The summed E-state index contributed by atoms with van der Waals surface area (Å²) in [5.41, 5.74) is 0.0253. The first-order chi connectivity index (χ1) is 16.3. The highest BCUT2D eigenvalue weighted by atomic mass is 19.4. The maximum Gasteiger partial charge on any atom is 0.416 e. The molecule has 3 aromatic rings. The minimum Gasteiger partial charge on any atom is -0.466 e. The van der Waals surface area contributed by atoms with Crippen LogP contribution in [0.2, 0.25) is 0 Å². The summed E-state index contributed by atoms with van der Waals surface area (Å²) in [5.74, 6) is 0.125. The predicted molar refractivity (Wildman–Crippen MR) is 116 cm³/mol. The van der Waals surface area contributed by atoms with Gasteiger partial charge in [0, 0.05) is 44.4 Å². The van der Waals surface area contributed by atoms with Crippen LogP contribution in [0.4, 0.5) is 19.1 Å². The van der Waals surface area contributed by atoms with Gasteiger partial charge in [-0.2, -0.15) is 22.7 Å². The molecule has 0 unspecified atom stereocenters. The largest absolute Gasteiger partial charge is 0.466 e. The number of hydrogen-bond acceptors (Lipinski definition) is 7. The van der Waals surface area contributed by atoms with E-state index >= 15 is 0 Å². The van der Waals surface area contributed by atoms with Gasteiger partial charge in [0.2, 0.25) is 11.9 Å². The molecule has 1 saturated heterocycles. The molecule has 1 amide bonds. The number of halogens is 3. The van der Waals surface area contributed by atoms with Crippen LogP contribution in [-0.4, -0.2) is 69.1 Å². The molecule has 1 aromatic carbocycles. The fraction of sp³-hybridized carbons (Fsp3) is 0.409. The fourth-order valence-electron chi connectivity index (χ4n) is 3.75. The van der Waals surface area contributed by atoms with Crippen molar-refractivity contribution in [2.45, 2.75) is 25.9 Å². The highest BCUT2D eigenvalue weighted by Crippen LogP contribution is 2.32.